The van der Waals surface area contributed by atoms with Crippen molar-refractivity contribution in [1.82, 2.24) is 4.90 Å². The highest BCUT2D eigenvalue weighted by Crippen LogP contribution is 2.37. The summed E-state index contributed by atoms with van der Waals surface area (Å²) in [6.45, 7) is 6.02. The third kappa shape index (κ3) is 5.81. The van der Waals surface area contributed by atoms with Gasteiger partial charge < -0.3 is 15.1 Å². The van der Waals surface area contributed by atoms with Crippen molar-refractivity contribution in [2.45, 2.75) is 32.2 Å². The highest BCUT2D eigenvalue weighted by atomic mass is 32.2. The van der Waals surface area contributed by atoms with Crippen LogP contribution in [-0.4, -0.2) is 22.6 Å². The smallest absolute Gasteiger partial charge is 0.278 e. The Morgan fingerprint density at radius 1 is 0.846 bits per heavy atom. The van der Waals surface area contributed by atoms with E-state index in [1.54, 1.807) is 36.4 Å². The number of nitrogens with zero attached hydrogens (tertiary/aromatic N) is 1. The van der Waals surface area contributed by atoms with Gasteiger partial charge >= 0.3 is 0 Å². The second kappa shape index (κ2) is 11.0. The largest absolute Gasteiger partial charge is 0.467 e. The number of carbonyl (C=O) groups is 3. The van der Waals surface area contributed by atoms with Crippen LogP contribution >= 0.6 is 11.8 Å². The van der Waals surface area contributed by atoms with Crippen molar-refractivity contribution in [1.29, 1.82) is 0 Å². The number of aryl methyl sites for hydroxylation is 3. The number of nitrogens with one attached hydrogen (secondary N) is 2. The predicted molar refractivity (Wildman–Crippen MR) is 152 cm³/mol. The van der Waals surface area contributed by atoms with Gasteiger partial charge in [-0.2, -0.15) is 0 Å². The molecule has 196 valence electrons. The van der Waals surface area contributed by atoms with Gasteiger partial charge in [-0.3, -0.25) is 19.3 Å². The molecule has 0 spiro atoms. The number of benzene rings is 3. The van der Waals surface area contributed by atoms with E-state index < -0.39 is 11.8 Å². The number of hydrogen-bond donors (Lipinski definition) is 2. The van der Waals surface area contributed by atoms with Crippen LogP contribution in [0.4, 0.5) is 11.4 Å². The molecule has 1 aliphatic rings. The Labute approximate surface area is 230 Å². The van der Waals surface area contributed by atoms with E-state index in [4.69, 9.17) is 4.42 Å². The number of hydrogen-bond acceptors (Lipinski definition) is 6. The minimum atomic E-state index is -0.417. The molecule has 0 radical (unpaired) electrons. The number of thioether (sulfide) groups is 1. The van der Waals surface area contributed by atoms with Gasteiger partial charge in [0.1, 0.15) is 16.4 Å². The summed E-state index contributed by atoms with van der Waals surface area (Å²) in [6, 6.07) is 23.7. The Morgan fingerprint density at radius 3 is 2.23 bits per heavy atom. The molecule has 0 atom stereocenters. The van der Waals surface area contributed by atoms with Crippen molar-refractivity contribution >= 4 is 40.9 Å². The first-order valence-corrected chi connectivity index (χ1v) is 13.2. The average molecular weight is 538 g/mol. The Balaban J connectivity index is 1.38. The zero-order valence-electron chi connectivity index (χ0n) is 21.8. The van der Waals surface area contributed by atoms with E-state index in [9.17, 15) is 14.4 Å². The predicted octanol–water partition coefficient (Wildman–Crippen LogP) is 6.44. The lowest BCUT2D eigenvalue weighted by molar-refractivity contribution is -0.138. The number of carbonyl (C=O) groups excluding carboxylic acids is 3. The standard InChI is InChI=1S/C31H27N3O4S/c1-19-6-9-22(10-7-19)29(35)33-23-12-14-26(15-13-23)39-28-27(32-24-11-8-20(2)21(3)17-24)30(36)34(31(28)37)18-25-5-4-16-38-25/h4-17,32H,18H2,1-3H3,(H,33,35). The molecule has 5 rings (SSSR count). The Kier molecular flexibility index (Phi) is 7.38. The average Bonchev–Trinajstić information content (AvgIpc) is 3.51. The molecule has 7 nitrogen and oxygen atoms in total. The van der Waals surface area contributed by atoms with Gasteiger partial charge in [0.25, 0.3) is 17.7 Å². The highest BCUT2D eigenvalue weighted by Gasteiger charge is 2.39. The Hall–Kier alpha value is -4.56. The summed E-state index contributed by atoms with van der Waals surface area (Å²) in [7, 11) is 0. The molecule has 39 heavy (non-hydrogen) atoms. The van der Waals surface area contributed by atoms with Crippen molar-refractivity contribution in [3.05, 3.63) is 124 Å². The molecule has 1 aliphatic heterocycles. The van der Waals surface area contributed by atoms with Crippen LogP contribution in [0.15, 0.2) is 105 Å². The van der Waals surface area contributed by atoms with E-state index in [2.05, 4.69) is 10.6 Å². The molecule has 1 aromatic heterocycles. The van der Waals surface area contributed by atoms with Crippen molar-refractivity contribution in [2.24, 2.45) is 0 Å². The van der Waals surface area contributed by atoms with E-state index in [0.29, 0.717) is 21.9 Å². The van der Waals surface area contributed by atoms with Gasteiger partial charge in [-0.15, -0.1) is 0 Å². The number of imide groups is 1. The highest BCUT2D eigenvalue weighted by molar-refractivity contribution is 8.04. The molecule has 2 N–H and O–H groups in total. The van der Waals surface area contributed by atoms with E-state index in [0.717, 1.165) is 27.3 Å². The fourth-order valence-electron chi connectivity index (χ4n) is 4.06. The summed E-state index contributed by atoms with van der Waals surface area (Å²) < 4.78 is 5.38. The molecule has 0 aliphatic carbocycles. The normalized spacial score (nSPS) is 13.3. The zero-order valence-corrected chi connectivity index (χ0v) is 22.6. The minimum absolute atomic E-state index is 0.0385. The zero-order chi connectivity index (χ0) is 27.5. The van der Waals surface area contributed by atoms with Crippen LogP contribution < -0.4 is 10.6 Å². The van der Waals surface area contributed by atoms with Gasteiger partial charge in [0, 0.05) is 21.8 Å². The van der Waals surface area contributed by atoms with Gasteiger partial charge in [0.05, 0.1) is 12.8 Å². The number of rotatable bonds is 8. The third-order valence-electron chi connectivity index (χ3n) is 6.44. The summed E-state index contributed by atoms with van der Waals surface area (Å²) in [5.74, 6) is -0.506. The van der Waals surface area contributed by atoms with Crippen LogP contribution in [0, 0.1) is 20.8 Å². The number of furan rings is 1. The lowest BCUT2D eigenvalue weighted by Gasteiger charge is -2.14. The fourth-order valence-corrected chi connectivity index (χ4v) is 5.00. The van der Waals surface area contributed by atoms with Gasteiger partial charge in [-0.25, -0.2) is 0 Å². The fraction of sp³-hybridized carbons (Fsp3) is 0.129. The molecule has 0 bridgehead atoms. The maximum atomic E-state index is 13.4. The maximum Gasteiger partial charge on any atom is 0.278 e. The van der Waals surface area contributed by atoms with Crippen LogP contribution in [0.5, 0.6) is 0 Å². The van der Waals surface area contributed by atoms with Crippen LogP contribution in [0.25, 0.3) is 0 Å². The summed E-state index contributed by atoms with van der Waals surface area (Å²) in [5.41, 5.74) is 5.42. The molecule has 3 aromatic carbocycles. The molecule has 0 unspecified atom stereocenters. The molecule has 2 heterocycles. The molecule has 8 heteroatoms. The SMILES string of the molecule is Cc1ccc(C(=O)Nc2ccc(SC3=C(Nc4ccc(C)c(C)c4)C(=O)N(Cc4ccco4)C3=O)cc2)cc1. The van der Waals surface area contributed by atoms with Gasteiger partial charge in [0.2, 0.25) is 0 Å². The van der Waals surface area contributed by atoms with Crippen molar-refractivity contribution < 1.29 is 18.8 Å². The monoisotopic (exact) mass is 537 g/mol. The first-order valence-electron chi connectivity index (χ1n) is 12.4. The van der Waals surface area contributed by atoms with Gasteiger partial charge in [-0.1, -0.05) is 35.5 Å². The molecule has 0 fully saturated rings. The molecular formula is C31H27N3O4S. The Bertz CT molecular complexity index is 1570. The first kappa shape index (κ1) is 26.1. The van der Waals surface area contributed by atoms with Crippen molar-refractivity contribution in [3.8, 4) is 0 Å². The minimum Gasteiger partial charge on any atom is -0.467 e. The van der Waals surface area contributed by atoms with Crippen molar-refractivity contribution in [2.75, 3.05) is 10.6 Å². The van der Waals surface area contributed by atoms with Crippen molar-refractivity contribution in [3.63, 3.8) is 0 Å². The molecule has 0 saturated heterocycles. The Morgan fingerprint density at radius 2 is 1.56 bits per heavy atom. The van der Waals surface area contributed by atoms with Crippen LogP contribution in [0.3, 0.4) is 0 Å². The van der Waals surface area contributed by atoms with Crippen LogP contribution in [-0.2, 0) is 16.1 Å². The number of anilines is 2. The van der Waals surface area contributed by atoms with Crippen LogP contribution in [0.2, 0.25) is 0 Å². The summed E-state index contributed by atoms with van der Waals surface area (Å²) in [6.07, 6.45) is 1.51. The lowest BCUT2D eigenvalue weighted by atomic mass is 10.1. The molecule has 4 aromatic rings. The molecular weight excluding hydrogens is 510 g/mol. The summed E-state index contributed by atoms with van der Waals surface area (Å²) in [5, 5.41) is 6.07. The summed E-state index contributed by atoms with van der Waals surface area (Å²) in [4.78, 5) is 41.7. The molecule has 0 saturated carbocycles. The van der Waals surface area contributed by atoms with E-state index in [-0.39, 0.29) is 18.1 Å². The first-order chi connectivity index (χ1) is 18.8. The quantitative estimate of drug-likeness (QED) is 0.251. The topological polar surface area (TPSA) is 91.7 Å². The number of amides is 3. The van der Waals surface area contributed by atoms with E-state index >= 15 is 0 Å². The second-order valence-corrected chi connectivity index (χ2v) is 10.4. The second-order valence-electron chi connectivity index (χ2n) is 9.35. The van der Waals surface area contributed by atoms with Crippen LogP contribution in [0.1, 0.15) is 32.8 Å². The maximum absolute atomic E-state index is 13.4. The lowest BCUT2D eigenvalue weighted by Crippen LogP contribution is -2.31. The third-order valence-corrected chi connectivity index (χ3v) is 7.53. The van der Waals surface area contributed by atoms with Gasteiger partial charge in [-0.05, 0) is 92.6 Å². The van der Waals surface area contributed by atoms with E-state index in [1.165, 1.54) is 22.9 Å². The van der Waals surface area contributed by atoms with E-state index in [1.807, 2.05) is 63.2 Å². The summed E-state index contributed by atoms with van der Waals surface area (Å²) >= 11 is 1.20. The molecule has 3 amide bonds. The van der Waals surface area contributed by atoms with Gasteiger partial charge in [0.15, 0.2) is 0 Å².